The van der Waals surface area contributed by atoms with Crippen molar-refractivity contribution in [3.63, 3.8) is 0 Å². The van der Waals surface area contributed by atoms with Gasteiger partial charge in [0.1, 0.15) is 12.1 Å². The highest BCUT2D eigenvalue weighted by Crippen LogP contribution is 2.31. The van der Waals surface area contributed by atoms with Crippen molar-refractivity contribution in [3.8, 4) is 0 Å². The summed E-state index contributed by atoms with van der Waals surface area (Å²) >= 11 is 0. The van der Waals surface area contributed by atoms with E-state index in [2.05, 4.69) is 17.2 Å². The van der Waals surface area contributed by atoms with Gasteiger partial charge in [-0.2, -0.15) is 0 Å². The van der Waals surface area contributed by atoms with Gasteiger partial charge in [-0.3, -0.25) is 19.3 Å². The Hall–Kier alpha value is -3.68. The van der Waals surface area contributed by atoms with Gasteiger partial charge < -0.3 is 15.4 Å². The molecule has 1 saturated heterocycles. The minimum absolute atomic E-state index is 0.234. The molecule has 1 aliphatic rings. The minimum Gasteiger partial charge on any atom is -0.451 e. The van der Waals surface area contributed by atoms with Gasteiger partial charge in [-0.25, -0.2) is 4.79 Å². The van der Waals surface area contributed by atoms with Gasteiger partial charge in [0.05, 0.1) is 0 Å². The van der Waals surface area contributed by atoms with E-state index in [1.807, 2.05) is 36.4 Å². The number of carbonyl (C=O) groups excluding carboxylic acids is 4. The van der Waals surface area contributed by atoms with E-state index in [1.54, 1.807) is 13.0 Å². The van der Waals surface area contributed by atoms with E-state index in [0.29, 0.717) is 5.56 Å². The van der Waals surface area contributed by atoms with E-state index in [4.69, 9.17) is 4.74 Å². The van der Waals surface area contributed by atoms with Crippen molar-refractivity contribution in [3.05, 3.63) is 60.7 Å². The van der Waals surface area contributed by atoms with Crippen LogP contribution in [0.1, 0.15) is 19.4 Å². The summed E-state index contributed by atoms with van der Waals surface area (Å²) < 4.78 is 5.04. The molecule has 2 N–H and O–H groups in total. The zero-order valence-corrected chi connectivity index (χ0v) is 16.8. The van der Waals surface area contributed by atoms with E-state index in [0.717, 1.165) is 15.7 Å². The minimum atomic E-state index is -1.31. The molecule has 0 spiro atoms. The van der Waals surface area contributed by atoms with Crippen LogP contribution in [-0.2, 0) is 24.7 Å². The predicted molar refractivity (Wildman–Crippen MR) is 110 cm³/mol. The number of hydrogen-bond donors (Lipinski definition) is 2. The van der Waals surface area contributed by atoms with Crippen molar-refractivity contribution in [1.82, 2.24) is 15.5 Å². The molecule has 0 unspecified atom stereocenters. The van der Waals surface area contributed by atoms with E-state index >= 15 is 0 Å². The Kier molecular flexibility index (Phi) is 5.86. The molecule has 3 rings (SSSR count). The van der Waals surface area contributed by atoms with Crippen LogP contribution in [0, 0.1) is 0 Å². The van der Waals surface area contributed by atoms with Crippen LogP contribution in [0.3, 0.4) is 0 Å². The van der Waals surface area contributed by atoms with Crippen LogP contribution in [0.2, 0.25) is 0 Å². The average molecular weight is 409 g/mol. The first-order valence-corrected chi connectivity index (χ1v) is 9.47. The first-order chi connectivity index (χ1) is 14.3. The average Bonchev–Trinajstić information content (AvgIpc) is 2.95. The van der Waals surface area contributed by atoms with Gasteiger partial charge in [-0.05, 0) is 36.2 Å². The molecule has 1 fully saturated rings. The first kappa shape index (κ1) is 21.0. The lowest BCUT2D eigenvalue weighted by Gasteiger charge is -2.22. The summed E-state index contributed by atoms with van der Waals surface area (Å²) in [7, 11) is 0. The van der Waals surface area contributed by atoms with Gasteiger partial charge >= 0.3 is 12.0 Å². The topological polar surface area (TPSA) is 105 Å². The number of nitrogens with one attached hydrogen (secondary N) is 2. The highest BCUT2D eigenvalue weighted by Gasteiger charge is 2.49. The predicted octanol–water partition coefficient (Wildman–Crippen LogP) is 1.84. The summed E-state index contributed by atoms with van der Waals surface area (Å²) in [5.41, 5.74) is -0.707. The van der Waals surface area contributed by atoms with E-state index in [9.17, 15) is 19.2 Å². The molecule has 0 aromatic heterocycles. The SMILES string of the molecule is C=CCNC(=O)[C@@H](C)OC(=O)CN1C(=O)N[C@@](C)(c2ccc3ccccc3c2)C1=O. The van der Waals surface area contributed by atoms with Crippen LogP contribution in [0.4, 0.5) is 4.79 Å². The molecular weight excluding hydrogens is 386 g/mol. The maximum atomic E-state index is 13.0. The van der Waals surface area contributed by atoms with Crippen molar-refractivity contribution in [2.45, 2.75) is 25.5 Å². The molecule has 0 saturated carbocycles. The van der Waals surface area contributed by atoms with Gasteiger partial charge in [0.25, 0.3) is 11.8 Å². The fourth-order valence-corrected chi connectivity index (χ4v) is 3.27. The van der Waals surface area contributed by atoms with E-state index in [-0.39, 0.29) is 6.54 Å². The number of ether oxygens (including phenoxy) is 1. The Morgan fingerprint density at radius 2 is 1.93 bits per heavy atom. The van der Waals surface area contributed by atoms with Gasteiger partial charge in [0.15, 0.2) is 6.10 Å². The molecule has 0 aliphatic carbocycles. The Balaban J connectivity index is 1.72. The van der Waals surface area contributed by atoms with Crippen LogP contribution in [0.25, 0.3) is 10.8 Å². The fraction of sp³-hybridized carbons (Fsp3) is 0.273. The summed E-state index contributed by atoms with van der Waals surface area (Å²) in [4.78, 5) is 50.2. The van der Waals surface area contributed by atoms with Crippen LogP contribution in [-0.4, -0.2) is 47.9 Å². The number of nitrogens with zero attached hydrogens (tertiary/aromatic N) is 1. The number of rotatable bonds is 7. The van der Waals surface area contributed by atoms with Crippen molar-refractivity contribution < 1.29 is 23.9 Å². The Morgan fingerprint density at radius 1 is 1.23 bits per heavy atom. The maximum absolute atomic E-state index is 13.0. The Labute approximate surface area is 173 Å². The van der Waals surface area contributed by atoms with Crippen molar-refractivity contribution in [1.29, 1.82) is 0 Å². The second kappa shape index (κ2) is 8.36. The lowest BCUT2D eigenvalue weighted by Crippen LogP contribution is -2.42. The number of carbonyl (C=O) groups is 4. The number of amides is 4. The molecule has 1 heterocycles. The molecule has 2 aromatic carbocycles. The smallest absolute Gasteiger partial charge is 0.327 e. The zero-order chi connectivity index (χ0) is 21.9. The highest BCUT2D eigenvalue weighted by atomic mass is 16.5. The monoisotopic (exact) mass is 409 g/mol. The number of urea groups is 1. The normalized spacial score (nSPS) is 19.3. The number of fused-ring (bicyclic) bond motifs is 1. The first-order valence-electron chi connectivity index (χ1n) is 9.47. The largest absolute Gasteiger partial charge is 0.451 e. The fourth-order valence-electron chi connectivity index (χ4n) is 3.27. The number of hydrogen-bond acceptors (Lipinski definition) is 5. The number of esters is 1. The number of imide groups is 1. The zero-order valence-electron chi connectivity index (χ0n) is 16.8. The molecule has 0 bridgehead atoms. The highest BCUT2D eigenvalue weighted by molar-refractivity contribution is 6.09. The second-order valence-electron chi connectivity index (χ2n) is 7.17. The Morgan fingerprint density at radius 3 is 2.63 bits per heavy atom. The molecule has 1 aliphatic heterocycles. The van der Waals surface area contributed by atoms with Crippen LogP contribution >= 0.6 is 0 Å². The summed E-state index contributed by atoms with van der Waals surface area (Å²) in [5.74, 6) is -1.92. The molecule has 8 nitrogen and oxygen atoms in total. The van der Waals surface area contributed by atoms with Gasteiger partial charge in [0, 0.05) is 6.54 Å². The molecular formula is C22H23N3O5. The van der Waals surface area contributed by atoms with Crippen LogP contribution in [0.5, 0.6) is 0 Å². The molecule has 4 amide bonds. The quantitative estimate of drug-likeness (QED) is 0.413. The van der Waals surface area contributed by atoms with Crippen molar-refractivity contribution in [2.24, 2.45) is 0 Å². The molecule has 2 atom stereocenters. The second-order valence-corrected chi connectivity index (χ2v) is 7.17. The Bertz CT molecular complexity index is 1030. The molecule has 8 heteroatoms. The lowest BCUT2D eigenvalue weighted by molar-refractivity contribution is -0.156. The van der Waals surface area contributed by atoms with Gasteiger partial charge in [-0.1, -0.05) is 42.5 Å². The van der Waals surface area contributed by atoms with E-state index < -0.39 is 42.0 Å². The molecule has 2 aromatic rings. The summed E-state index contributed by atoms with van der Waals surface area (Å²) in [5, 5.41) is 7.10. The van der Waals surface area contributed by atoms with E-state index in [1.165, 1.54) is 13.0 Å². The maximum Gasteiger partial charge on any atom is 0.327 e. The van der Waals surface area contributed by atoms with Crippen LogP contribution < -0.4 is 10.6 Å². The number of benzene rings is 2. The van der Waals surface area contributed by atoms with Crippen molar-refractivity contribution in [2.75, 3.05) is 13.1 Å². The van der Waals surface area contributed by atoms with Crippen LogP contribution in [0.15, 0.2) is 55.1 Å². The summed E-state index contributed by atoms with van der Waals surface area (Å²) in [6.07, 6.45) is 0.429. The van der Waals surface area contributed by atoms with Gasteiger partial charge in [0.2, 0.25) is 0 Å². The molecule has 156 valence electrons. The third kappa shape index (κ3) is 4.03. The third-order valence-electron chi connectivity index (χ3n) is 4.99. The summed E-state index contributed by atoms with van der Waals surface area (Å²) in [6.45, 7) is 6.12. The third-order valence-corrected chi connectivity index (χ3v) is 4.99. The molecule has 30 heavy (non-hydrogen) atoms. The standard InChI is InChI=1S/C22H23N3O5/c1-4-11-23-19(27)14(2)30-18(26)13-25-20(28)22(3,24-21(25)29)17-10-9-15-7-5-6-8-16(15)12-17/h4-10,12,14H,1,11,13H2,2-3H3,(H,23,27)(H,24,29)/t14-,22+/m1/s1. The lowest BCUT2D eigenvalue weighted by atomic mass is 9.90. The van der Waals surface area contributed by atoms with Crippen molar-refractivity contribution >= 4 is 34.6 Å². The molecule has 0 radical (unpaired) electrons. The summed E-state index contributed by atoms with van der Waals surface area (Å²) in [6, 6.07) is 12.4. The van der Waals surface area contributed by atoms with Gasteiger partial charge in [-0.15, -0.1) is 6.58 Å².